The number of hydrogen-bond donors (Lipinski definition) is 1. The Morgan fingerprint density at radius 1 is 1.40 bits per heavy atom. The van der Waals surface area contributed by atoms with Crippen molar-refractivity contribution >= 4 is 0 Å². The lowest BCUT2D eigenvalue weighted by atomic mass is 9.85. The molecule has 0 spiro atoms. The minimum absolute atomic E-state index is 0.204. The van der Waals surface area contributed by atoms with Crippen LogP contribution in [0, 0.1) is 5.41 Å². The molecule has 0 aromatic heterocycles. The van der Waals surface area contributed by atoms with Crippen molar-refractivity contribution in [3.05, 3.63) is 0 Å². The first kappa shape index (κ1) is 8.02. The van der Waals surface area contributed by atoms with Gasteiger partial charge in [-0.3, -0.25) is 0 Å². The quantitative estimate of drug-likeness (QED) is 0.552. The molecule has 0 aliphatic carbocycles. The Bertz CT molecular complexity index is 117. The van der Waals surface area contributed by atoms with Gasteiger partial charge in [-0.25, -0.2) is 0 Å². The maximum Gasteiger partial charge on any atom is 0.0774 e. The van der Waals surface area contributed by atoms with Gasteiger partial charge in [-0.05, 0) is 11.8 Å². The largest absolute Gasteiger partial charge is 0.376 e. The molecule has 1 rings (SSSR count). The fraction of sp³-hybridized carbons (Fsp3) is 1.00. The molecule has 1 aliphatic heterocycles. The van der Waals surface area contributed by atoms with E-state index in [0.717, 1.165) is 13.0 Å². The van der Waals surface area contributed by atoms with Crippen LogP contribution in [-0.2, 0) is 4.74 Å². The Balaban J connectivity index is 2.55. The summed E-state index contributed by atoms with van der Waals surface area (Å²) in [6, 6.07) is 0.250. The second-order valence-corrected chi connectivity index (χ2v) is 4.11. The third kappa shape index (κ3) is 1.50. The van der Waals surface area contributed by atoms with Crippen LogP contribution in [0.5, 0.6) is 0 Å². The number of rotatable bonds is 0. The molecule has 1 aliphatic rings. The molecule has 1 fully saturated rings. The zero-order valence-electron chi connectivity index (χ0n) is 7.05. The van der Waals surface area contributed by atoms with Crippen molar-refractivity contribution in [3.63, 3.8) is 0 Å². The van der Waals surface area contributed by atoms with E-state index in [1.54, 1.807) is 0 Å². The van der Waals surface area contributed by atoms with E-state index in [-0.39, 0.29) is 17.6 Å². The van der Waals surface area contributed by atoms with Crippen LogP contribution in [0.15, 0.2) is 0 Å². The Morgan fingerprint density at radius 3 is 2.20 bits per heavy atom. The third-order valence-corrected chi connectivity index (χ3v) is 1.99. The topological polar surface area (TPSA) is 35.2 Å². The van der Waals surface area contributed by atoms with Crippen molar-refractivity contribution < 1.29 is 4.74 Å². The molecule has 2 heteroatoms. The number of ether oxygens (including phenoxy) is 1. The molecule has 2 atom stereocenters. The number of hydrogen-bond acceptors (Lipinski definition) is 2. The average molecular weight is 143 g/mol. The van der Waals surface area contributed by atoms with Crippen LogP contribution >= 0.6 is 0 Å². The predicted octanol–water partition coefficient (Wildman–Crippen LogP) is 1.15. The molecule has 1 saturated heterocycles. The molecule has 2 N–H and O–H groups in total. The Hall–Kier alpha value is -0.0800. The van der Waals surface area contributed by atoms with Crippen LogP contribution in [0.1, 0.15) is 27.2 Å². The van der Waals surface area contributed by atoms with Crippen LogP contribution < -0.4 is 5.73 Å². The highest BCUT2D eigenvalue weighted by molar-refractivity contribution is 4.87. The molecule has 0 bridgehead atoms. The molecule has 0 unspecified atom stereocenters. The molecule has 60 valence electrons. The molecule has 0 aromatic rings. The summed E-state index contributed by atoms with van der Waals surface area (Å²) in [4.78, 5) is 0. The molecular formula is C8H17NO. The fourth-order valence-electron chi connectivity index (χ4n) is 1.50. The third-order valence-electron chi connectivity index (χ3n) is 1.99. The van der Waals surface area contributed by atoms with Crippen molar-refractivity contribution in [2.75, 3.05) is 6.61 Å². The standard InChI is InChI=1S/C8H17NO/c1-8(2,3)7-6(9)4-5-10-7/h6-7H,4-5,9H2,1-3H3/t6-,7-/m1/s1. The summed E-state index contributed by atoms with van der Waals surface area (Å²) < 4.78 is 5.50. The van der Waals surface area contributed by atoms with Gasteiger partial charge in [-0.2, -0.15) is 0 Å². The summed E-state index contributed by atoms with van der Waals surface area (Å²) in [6.45, 7) is 7.34. The lowest BCUT2D eigenvalue weighted by molar-refractivity contribution is 0.0219. The van der Waals surface area contributed by atoms with E-state index in [0.29, 0.717) is 0 Å². The first-order valence-corrected chi connectivity index (χ1v) is 3.89. The summed E-state index contributed by atoms with van der Waals surface area (Å²) in [6.07, 6.45) is 1.27. The molecule has 2 nitrogen and oxygen atoms in total. The summed E-state index contributed by atoms with van der Waals surface area (Å²) >= 11 is 0. The highest BCUT2D eigenvalue weighted by Crippen LogP contribution is 2.29. The molecule has 0 amide bonds. The van der Waals surface area contributed by atoms with Gasteiger partial charge in [0.05, 0.1) is 6.10 Å². The second kappa shape index (κ2) is 2.51. The average Bonchev–Trinajstić information content (AvgIpc) is 2.11. The van der Waals surface area contributed by atoms with Gasteiger partial charge in [0.1, 0.15) is 0 Å². The zero-order valence-corrected chi connectivity index (χ0v) is 7.05. The highest BCUT2D eigenvalue weighted by atomic mass is 16.5. The van der Waals surface area contributed by atoms with E-state index < -0.39 is 0 Å². The summed E-state index contributed by atoms with van der Waals surface area (Å²) in [5, 5.41) is 0. The van der Waals surface area contributed by atoms with E-state index in [9.17, 15) is 0 Å². The van der Waals surface area contributed by atoms with Crippen molar-refractivity contribution in [3.8, 4) is 0 Å². The Labute approximate surface area is 62.7 Å². The van der Waals surface area contributed by atoms with E-state index in [4.69, 9.17) is 10.5 Å². The van der Waals surface area contributed by atoms with Crippen LogP contribution in [-0.4, -0.2) is 18.8 Å². The highest BCUT2D eigenvalue weighted by Gasteiger charge is 2.34. The normalized spacial score (nSPS) is 34.8. The van der Waals surface area contributed by atoms with Gasteiger partial charge < -0.3 is 10.5 Å². The van der Waals surface area contributed by atoms with Gasteiger partial charge in [-0.15, -0.1) is 0 Å². The SMILES string of the molecule is CC(C)(C)[C@@H]1OCC[C@H]1N. The smallest absolute Gasteiger partial charge is 0.0774 e. The van der Waals surface area contributed by atoms with E-state index >= 15 is 0 Å². The molecule has 0 aromatic carbocycles. The number of nitrogens with two attached hydrogens (primary N) is 1. The van der Waals surface area contributed by atoms with E-state index in [1.165, 1.54) is 0 Å². The van der Waals surface area contributed by atoms with Gasteiger partial charge in [-0.1, -0.05) is 20.8 Å². The predicted molar refractivity (Wildman–Crippen MR) is 41.8 cm³/mol. The maximum atomic E-state index is 5.84. The van der Waals surface area contributed by atoms with Gasteiger partial charge in [0.15, 0.2) is 0 Å². The Morgan fingerprint density at radius 2 is 2.00 bits per heavy atom. The second-order valence-electron chi connectivity index (χ2n) is 4.11. The van der Waals surface area contributed by atoms with Gasteiger partial charge >= 0.3 is 0 Å². The van der Waals surface area contributed by atoms with Gasteiger partial charge in [0.2, 0.25) is 0 Å². The van der Waals surface area contributed by atoms with Crippen molar-refractivity contribution in [2.24, 2.45) is 11.1 Å². The van der Waals surface area contributed by atoms with Crippen molar-refractivity contribution in [1.82, 2.24) is 0 Å². The van der Waals surface area contributed by atoms with Crippen LogP contribution in [0.3, 0.4) is 0 Å². The summed E-state index contributed by atoms with van der Waals surface area (Å²) in [5.74, 6) is 0. The monoisotopic (exact) mass is 143 g/mol. The molecular weight excluding hydrogens is 126 g/mol. The van der Waals surface area contributed by atoms with E-state index in [1.807, 2.05) is 0 Å². The summed E-state index contributed by atoms with van der Waals surface area (Å²) in [7, 11) is 0. The zero-order chi connectivity index (χ0) is 7.78. The van der Waals surface area contributed by atoms with Gasteiger partial charge in [0, 0.05) is 12.6 Å². The maximum absolute atomic E-state index is 5.84. The first-order chi connectivity index (χ1) is 4.52. The fourth-order valence-corrected chi connectivity index (χ4v) is 1.50. The lowest BCUT2D eigenvalue weighted by Crippen LogP contribution is -2.39. The minimum atomic E-state index is 0.204. The van der Waals surface area contributed by atoms with E-state index in [2.05, 4.69) is 20.8 Å². The molecule has 0 saturated carbocycles. The summed E-state index contributed by atoms with van der Waals surface area (Å²) in [5.41, 5.74) is 6.04. The molecule has 10 heavy (non-hydrogen) atoms. The lowest BCUT2D eigenvalue weighted by Gasteiger charge is -2.28. The molecule has 0 radical (unpaired) electrons. The minimum Gasteiger partial charge on any atom is -0.376 e. The molecule has 1 heterocycles. The Kier molecular flexibility index (Phi) is 2.02. The van der Waals surface area contributed by atoms with Crippen LogP contribution in [0.25, 0.3) is 0 Å². The van der Waals surface area contributed by atoms with Crippen molar-refractivity contribution in [2.45, 2.75) is 39.3 Å². The van der Waals surface area contributed by atoms with Crippen molar-refractivity contribution in [1.29, 1.82) is 0 Å². The van der Waals surface area contributed by atoms with Crippen LogP contribution in [0.2, 0.25) is 0 Å². The first-order valence-electron chi connectivity index (χ1n) is 3.89. The van der Waals surface area contributed by atoms with Crippen LogP contribution in [0.4, 0.5) is 0 Å². The van der Waals surface area contributed by atoms with Gasteiger partial charge in [0.25, 0.3) is 0 Å².